The zero-order chi connectivity index (χ0) is 12.3. The van der Waals surface area contributed by atoms with E-state index in [-0.39, 0.29) is 6.10 Å². The predicted molar refractivity (Wildman–Crippen MR) is 70.8 cm³/mol. The zero-order valence-electron chi connectivity index (χ0n) is 10.3. The van der Waals surface area contributed by atoms with Crippen molar-refractivity contribution in [2.75, 3.05) is 6.61 Å². The van der Waals surface area contributed by atoms with Gasteiger partial charge in [0.05, 0.1) is 12.7 Å². The molecule has 1 aromatic carbocycles. The van der Waals surface area contributed by atoms with Crippen molar-refractivity contribution in [1.29, 1.82) is 0 Å². The van der Waals surface area contributed by atoms with Crippen molar-refractivity contribution in [3.05, 3.63) is 48.6 Å². The molecule has 17 heavy (non-hydrogen) atoms. The molecule has 0 aliphatic carbocycles. The van der Waals surface area contributed by atoms with Crippen LogP contribution in [0.25, 0.3) is 0 Å². The molecular weight excluding hydrogens is 212 g/mol. The minimum Gasteiger partial charge on any atom is -0.393 e. The van der Waals surface area contributed by atoms with E-state index >= 15 is 0 Å². The summed E-state index contributed by atoms with van der Waals surface area (Å²) in [5.41, 5.74) is 1.21. The van der Waals surface area contributed by atoms with Gasteiger partial charge in [-0.25, -0.2) is 0 Å². The van der Waals surface area contributed by atoms with Crippen LogP contribution in [0, 0.1) is 0 Å². The van der Waals surface area contributed by atoms with E-state index in [9.17, 15) is 5.11 Å². The molecule has 0 aliphatic rings. The molecule has 94 valence electrons. The van der Waals surface area contributed by atoms with Crippen LogP contribution in [0.5, 0.6) is 0 Å². The third-order valence-corrected chi connectivity index (χ3v) is 2.63. The van der Waals surface area contributed by atoms with Crippen molar-refractivity contribution in [1.82, 2.24) is 0 Å². The number of unbranched alkanes of at least 4 members (excludes halogenated alkanes) is 1. The first kappa shape index (κ1) is 13.9. The maximum atomic E-state index is 9.47. The van der Waals surface area contributed by atoms with Crippen LogP contribution in [0.3, 0.4) is 0 Å². The topological polar surface area (TPSA) is 29.5 Å². The van der Waals surface area contributed by atoms with E-state index in [1.54, 1.807) is 6.08 Å². The van der Waals surface area contributed by atoms with Gasteiger partial charge in [-0.15, -0.1) is 6.58 Å². The SMILES string of the molecule is C=CC[C@H](O)CCCCOCc1ccccc1. The van der Waals surface area contributed by atoms with Gasteiger partial charge in [0.25, 0.3) is 0 Å². The van der Waals surface area contributed by atoms with Crippen LogP contribution >= 0.6 is 0 Å². The van der Waals surface area contributed by atoms with Gasteiger partial charge < -0.3 is 9.84 Å². The van der Waals surface area contributed by atoms with Gasteiger partial charge in [0, 0.05) is 6.61 Å². The maximum absolute atomic E-state index is 9.47. The van der Waals surface area contributed by atoms with Gasteiger partial charge in [0.2, 0.25) is 0 Å². The van der Waals surface area contributed by atoms with E-state index in [1.165, 1.54) is 5.56 Å². The lowest BCUT2D eigenvalue weighted by Crippen LogP contribution is -2.05. The minimum absolute atomic E-state index is 0.235. The second-order valence-electron chi connectivity index (χ2n) is 4.21. The zero-order valence-corrected chi connectivity index (χ0v) is 10.3. The Labute approximate surface area is 104 Å². The Morgan fingerprint density at radius 2 is 2.00 bits per heavy atom. The Kier molecular flexibility index (Phi) is 7.35. The highest BCUT2D eigenvalue weighted by atomic mass is 16.5. The summed E-state index contributed by atoms with van der Waals surface area (Å²) in [6.07, 6.45) is 5.05. The summed E-state index contributed by atoms with van der Waals surface area (Å²) >= 11 is 0. The number of benzene rings is 1. The third kappa shape index (κ3) is 6.93. The fraction of sp³-hybridized carbons (Fsp3) is 0.467. The summed E-state index contributed by atoms with van der Waals surface area (Å²) < 4.78 is 5.56. The number of hydrogen-bond donors (Lipinski definition) is 1. The molecule has 0 spiro atoms. The van der Waals surface area contributed by atoms with Crippen molar-refractivity contribution in [3.63, 3.8) is 0 Å². The molecule has 0 heterocycles. The molecule has 1 rings (SSSR count). The second-order valence-corrected chi connectivity index (χ2v) is 4.21. The summed E-state index contributed by atoms with van der Waals surface area (Å²) in [7, 11) is 0. The Balaban J connectivity index is 1.96. The Hall–Kier alpha value is -1.12. The quantitative estimate of drug-likeness (QED) is 0.524. The number of aliphatic hydroxyl groups is 1. The van der Waals surface area contributed by atoms with Crippen LogP contribution in [0.1, 0.15) is 31.2 Å². The highest BCUT2D eigenvalue weighted by Gasteiger charge is 2.00. The molecule has 1 aromatic rings. The maximum Gasteiger partial charge on any atom is 0.0716 e. The Morgan fingerprint density at radius 3 is 2.71 bits per heavy atom. The molecule has 0 radical (unpaired) electrons. The van der Waals surface area contributed by atoms with Crippen molar-refractivity contribution in [2.24, 2.45) is 0 Å². The number of ether oxygens (including phenoxy) is 1. The van der Waals surface area contributed by atoms with Crippen LogP contribution in [-0.4, -0.2) is 17.8 Å². The molecule has 0 bridgehead atoms. The lowest BCUT2D eigenvalue weighted by atomic mass is 10.1. The van der Waals surface area contributed by atoms with Crippen molar-refractivity contribution in [3.8, 4) is 0 Å². The first-order valence-electron chi connectivity index (χ1n) is 6.23. The summed E-state index contributed by atoms with van der Waals surface area (Å²) in [4.78, 5) is 0. The number of hydrogen-bond acceptors (Lipinski definition) is 2. The fourth-order valence-electron chi connectivity index (χ4n) is 1.66. The van der Waals surface area contributed by atoms with E-state index in [0.717, 1.165) is 25.9 Å². The van der Waals surface area contributed by atoms with E-state index in [4.69, 9.17) is 4.74 Å². The van der Waals surface area contributed by atoms with Crippen LogP contribution in [0.15, 0.2) is 43.0 Å². The summed E-state index contributed by atoms with van der Waals surface area (Å²) in [5, 5.41) is 9.47. The van der Waals surface area contributed by atoms with E-state index < -0.39 is 0 Å². The van der Waals surface area contributed by atoms with Crippen molar-refractivity contribution < 1.29 is 9.84 Å². The van der Waals surface area contributed by atoms with Crippen LogP contribution in [0.4, 0.5) is 0 Å². The van der Waals surface area contributed by atoms with Gasteiger partial charge in [-0.2, -0.15) is 0 Å². The first-order chi connectivity index (χ1) is 8.33. The van der Waals surface area contributed by atoms with Gasteiger partial charge >= 0.3 is 0 Å². The molecule has 0 unspecified atom stereocenters. The fourth-order valence-corrected chi connectivity index (χ4v) is 1.66. The lowest BCUT2D eigenvalue weighted by molar-refractivity contribution is 0.110. The van der Waals surface area contributed by atoms with E-state index in [2.05, 4.69) is 18.7 Å². The normalized spacial score (nSPS) is 12.3. The molecular formula is C15H22O2. The van der Waals surface area contributed by atoms with Crippen LogP contribution in [-0.2, 0) is 11.3 Å². The first-order valence-corrected chi connectivity index (χ1v) is 6.23. The average Bonchev–Trinajstić information content (AvgIpc) is 2.35. The molecule has 0 aliphatic heterocycles. The largest absolute Gasteiger partial charge is 0.393 e. The summed E-state index contributed by atoms with van der Waals surface area (Å²) in [6, 6.07) is 10.2. The van der Waals surface area contributed by atoms with E-state index in [1.807, 2.05) is 18.2 Å². The molecule has 0 saturated heterocycles. The van der Waals surface area contributed by atoms with Crippen LogP contribution < -0.4 is 0 Å². The molecule has 2 nitrogen and oxygen atoms in total. The summed E-state index contributed by atoms with van der Waals surface area (Å²) in [5.74, 6) is 0. The number of rotatable bonds is 9. The van der Waals surface area contributed by atoms with Crippen LogP contribution in [0.2, 0.25) is 0 Å². The predicted octanol–water partition coefficient (Wildman–Crippen LogP) is 3.31. The van der Waals surface area contributed by atoms with Gasteiger partial charge in [0.15, 0.2) is 0 Å². The smallest absolute Gasteiger partial charge is 0.0716 e. The second kappa shape index (κ2) is 8.97. The molecule has 0 amide bonds. The van der Waals surface area contributed by atoms with E-state index in [0.29, 0.717) is 13.0 Å². The molecule has 0 saturated carbocycles. The van der Waals surface area contributed by atoms with Gasteiger partial charge in [-0.3, -0.25) is 0 Å². The monoisotopic (exact) mass is 234 g/mol. The van der Waals surface area contributed by atoms with Gasteiger partial charge in [-0.1, -0.05) is 36.4 Å². The Bertz CT molecular complexity index is 295. The van der Waals surface area contributed by atoms with Gasteiger partial charge in [-0.05, 0) is 31.2 Å². The molecule has 2 heteroatoms. The minimum atomic E-state index is -0.235. The number of aliphatic hydroxyl groups excluding tert-OH is 1. The highest BCUT2D eigenvalue weighted by Crippen LogP contribution is 2.06. The van der Waals surface area contributed by atoms with Gasteiger partial charge in [0.1, 0.15) is 0 Å². The van der Waals surface area contributed by atoms with Crippen molar-refractivity contribution in [2.45, 2.75) is 38.4 Å². The van der Waals surface area contributed by atoms with Crippen molar-refractivity contribution >= 4 is 0 Å². The molecule has 1 atom stereocenters. The molecule has 0 fully saturated rings. The Morgan fingerprint density at radius 1 is 1.24 bits per heavy atom. The lowest BCUT2D eigenvalue weighted by Gasteiger charge is -2.08. The highest BCUT2D eigenvalue weighted by molar-refractivity contribution is 5.13. The molecule has 1 N–H and O–H groups in total. The standard InChI is InChI=1S/C15H22O2/c1-2-8-15(16)11-6-7-12-17-13-14-9-4-3-5-10-14/h2-5,9-10,15-16H,1,6-8,11-13H2/t15-/m0/s1. The molecule has 0 aromatic heterocycles. The third-order valence-electron chi connectivity index (χ3n) is 2.63. The average molecular weight is 234 g/mol. The summed E-state index contributed by atoms with van der Waals surface area (Å²) in [6.45, 7) is 5.04.